The number of halogens is 2. The number of aromatic nitrogens is 1. The topological polar surface area (TPSA) is 111 Å². The molecule has 3 atom stereocenters. The molecule has 0 aliphatic carbocycles. The minimum Gasteiger partial charge on any atom is -0.436 e. The van der Waals surface area contributed by atoms with E-state index < -0.39 is 23.1 Å². The number of ether oxygens (including phenoxy) is 2. The van der Waals surface area contributed by atoms with E-state index in [0.29, 0.717) is 12.5 Å². The summed E-state index contributed by atoms with van der Waals surface area (Å²) in [6.07, 6.45) is 1.38. The van der Waals surface area contributed by atoms with Crippen molar-refractivity contribution in [1.82, 2.24) is 15.2 Å². The first-order valence-electron chi connectivity index (χ1n) is 9.54. The third kappa shape index (κ3) is 3.47. The third-order valence-electron chi connectivity index (χ3n) is 5.64. The molecule has 1 amide bonds. The van der Waals surface area contributed by atoms with Gasteiger partial charge >= 0.3 is 0 Å². The van der Waals surface area contributed by atoms with Crippen LogP contribution in [0.15, 0.2) is 30.5 Å². The predicted octanol–water partition coefficient (Wildman–Crippen LogP) is 2.64. The molecule has 2 aliphatic heterocycles. The summed E-state index contributed by atoms with van der Waals surface area (Å²) in [6, 6.07) is 6.52. The maximum absolute atomic E-state index is 15.0. The number of guanidine groups is 1. The van der Waals surface area contributed by atoms with E-state index in [4.69, 9.17) is 20.1 Å². The quantitative estimate of drug-likeness (QED) is 0.779. The molecule has 0 bridgehead atoms. The fraction of sp³-hybridized carbons (Fsp3) is 0.333. The van der Waals surface area contributed by atoms with Crippen LogP contribution in [0.3, 0.4) is 0 Å². The highest BCUT2D eigenvalue weighted by Crippen LogP contribution is 2.43. The van der Waals surface area contributed by atoms with Crippen molar-refractivity contribution in [2.75, 3.05) is 13.7 Å². The Kier molecular flexibility index (Phi) is 5.07. The maximum atomic E-state index is 15.0. The largest absolute Gasteiger partial charge is 0.436 e. The number of nitrogens with one attached hydrogen (secondary N) is 2. The molecule has 0 spiro atoms. The molecule has 0 unspecified atom stereocenters. The number of pyridine rings is 1. The van der Waals surface area contributed by atoms with Crippen molar-refractivity contribution in [3.8, 4) is 17.7 Å². The molecule has 0 radical (unpaired) electrons. The standard InChI is InChI=1S/C21H19F2N5O3/c1-11-5-14-19(29)28(2)20(25)27-21(14,10-30-11)13-7-17(16(23)8-15(13)22)31-18-6-12(9-24)3-4-26-18/h3-4,6-8,11,14H,5,10H2,1-2H3,(H2,25,27)/t11-,14-,21+/m0/s1. The van der Waals surface area contributed by atoms with Crippen molar-refractivity contribution < 1.29 is 23.0 Å². The van der Waals surface area contributed by atoms with Crippen LogP contribution in [-0.2, 0) is 15.1 Å². The molecule has 2 aromatic rings. The zero-order valence-electron chi connectivity index (χ0n) is 16.8. The van der Waals surface area contributed by atoms with Crippen LogP contribution in [0.5, 0.6) is 11.6 Å². The van der Waals surface area contributed by atoms with Crippen LogP contribution in [-0.4, -0.2) is 41.5 Å². The average Bonchev–Trinajstić information content (AvgIpc) is 2.75. The van der Waals surface area contributed by atoms with E-state index in [0.717, 1.165) is 11.0 Å². The molecule has 4 rings (SSSR count). The van der Waals surface area contributed by atoms with Crippen LogP contribution in [0, 0.1) is 34.3 Å². The lowest BCUT2D eigenvalue weighted by atomic mass is 9.72. The van der Waals surface area contributed by atoms with Crippen LogP contribution in [0.25, 0.3) is 0 Å². The molecule has 1 aromatic carbocycles. The van der Waals surface area contributed by atoms with Gasteiger partial charge in [0.2, 0.25) is 11.8 Å². The van der Waals surface area contributed by atoms with Gasteiger partial charge in [-0.1, -0.05) is 0 Å². The summed E-state index contributed by atoms with van der Waals surface area (Å²) < 4.78 is 40.8. The SMILES string of the molecule is C[C@H]1C[C@H]2C(=O)N(C)C(=N)N[C@@]2(c2cc(Oc3cc(C#N)ccn3)c(F)cc2F)CO1. The molecular weight excluding hydrogens is 408 g/mol. The Morgan fingerprint density at radius 2 is 2.16 bits per heavy atom. The molecule has 31 heavy (non-hydrogen) atoms. The van der Waals surface area contributed by atoms with Crippen molar-refractivity contribution in [1.29, 1.82) is 10.7 Å². The van der Waals surface area contributed by atoms with E-state index in [1.54, 1.807) is 6.92 Å². The van der Waals surface area contributed by atoms with E-state index in [1.165, 1.54) is 25.4 Å². The number of fused-ring (bicyclic) bond motifs is 1. The first-order valence-corrected chi connectivity index (χ1v) is 9.54. The lowest BCUT2D eigenvalue weighted by Crippen LogP contribution is -2.69. The molecule has 1 aromatic heterocycles. The molecule has 3 heterocycles. The van der Waals surface area contributed by atoms with Crippen LogP contribution < -0.4 is 10.1 Å². The van der Waals surface area contributed by atoms with Crippen molar-refractivity contribution >= 4 is 11.9 Å². The highest BCUT2D eigenvalue weighted by atomic mass is 19.1. The summed E-state index contributed by atoms with van der Waals surface area (Å²) in [7, 11) is 1.46. The Morgan fingerprint density at radius 1 is 1.39 bits per heavy atom. The highest BCUT2D eigenvalue weighted by Gasteiger charge is 2.55. The van der Waals surface area contributed by atoms with Gasteiger partial charge in [0.15, 0.2) is 17.5 Å². The second-order valence-electron chi connectivity index (χ2n) is 7.61. The fourth-order valence-electron chi connectivity index (χ4n) is 3.98. The van der Waals surface area contributed by atoms with E-state index >= 15 is 4.39 Å². The molecular formula is C21H19F2N5O3. The van der Waals surface area contributed by atoms with Gasteiger partial charge in [0.1, 0.15) is 11.4 Å². The summed E-state index contributed by atoms with van der Waals surface area (Å²) in [4.78, 5) is 18.0. The molecule has 2 N–H and O–H groups in total. The van der Waals surface area contributed by atoms with Gasteiger partial charge < -0.3 is 14.8 Å². The number of benzene rings is 1. The number of nitriles is 1. The Bertz CT molecular complexity index is 1120. The monoisotopic (exact) mass is 427 g/mol. The van der Waals surface area contributed by atoms with Gasteiger partial charge in [-0.3, -0.25) is 15.1 Å². The summed E-state index contributed by atoms with van der Waals surface area (Å²) >= 11 is 0. The lowest BCUT2D eigenvalue weighted by molar-refractivity contribution is -0.148. The van der Waals surface area contributed by atoms with Crippen LogP contribution in [0.1, 0.15) is 24.5 Å². The summed E-state index contributed by atoms with van der Waals surface area (Å²) in [5.74, 6) is -3.54. The first-order chi connectivity index (χ1) is 14.7. The first kappa shape index (κ1) is 20.7. The van der Waals surface area contributed by atoms with Crippen molar-refractivity contribution in [3.05, 3.63) is 53.2 Å². The second-order valence-corrected chi connectivity index (χ2v) is 7.61. The Balaban J connectivity index is 1.80. The Hall–Kier alpha value is -3.58. The van der Waals surface area contributed by atoms with Gasteiger partial charge in [-0.05, 0) is 25.5 Å². The minimum atomic E-state index is -1.40. The smallest absolute Gasteiger partial charge is 0.235 e. The van der Waals surface area contributed by atoms with Crippen molar-refractivity contribution in [3.63, 3.8) is 0 Å². The average molecular weight is 427 g/mol. The molecule has 10 heteroatoms. The van der Waals surface area contributed by atoms with E-state index in [-0.39, 0.29) is 47.3 Å². The zero-order chi connectivity index (χ0) is 22.3. The Morgan fingerprint density at radius 3 is 2.90 bits per heavy atom. The zero-order valence-corrected chi connectivity index (χ0v) is 16.8. The number of carbonyl (C=O) groups is 1. The number of hydrogen-bond donors (Lipinski definition) is 2. The van der Waals surface area contributed by atoms with Crippen LogP contribution in [0.2, 0.25) is 0 Å². The number of nitrogens with zero attached hydrogens (tertiary/aromatic N) is 3. The third-order valence-corrected chi connectivity index (χ3v) is 5.64. The highest BCUT2D eigenvalue weighted by molar-refractivity contribution is 6.00. The second kappa shape index (κ2) is 7.59. The molecule has 160 valence electrons. The van der Waals surface area contributed by atoms with Gasteiger partial charge in [0.25, 0.3) is 0 Å². The van der Waals surface area contributed by atoms with Gasteiger partial charge in [0.05, 0.1) is 30.3 Å². The van der Waals surface area contributed by atoms with Crippen molar-refractivity contribution in [2.45, 2.75) is 25.0 Å². The molecule has 0 saturated carbocycles. The number of hydrogen-bond acceptors (Lipinski definition) is 6. The number of amides is 1. The molecule has 2 fully saturated rings. The summed E-state index contributed by atoms with van der Waals surface area (Å²) in [5.41, 5.74) is -1.19. The molecule has 2 aliphatic rings. The molecule has 2 saturated heterocycles. The maximum Gasteiger partial charge on any atom is 0.235 e. The van der Waals surface area contributed by atoms with E-state index in [9.17, 15) is 9.18 Å². The van der Waals surface area contributed by atoms with E-state index in [1.807, 2.05) is 6.07 Å². The fourth-order valence-corrected chi connectivity index (χ4v) is 3.98. The van der Waals surface area contributed by atoms with E-state index in [2.05, 4.69) is 10.3 Å². The lowest BCUT2D eigenvalue weighted by Gasteiger charge is -2.51. The summed E-state index contributed by atoms with van der Waals surface area (Å²) in [5, 5.41) is 20.1. The predicted molar refractivity (Wildman–Crippen MR) is 104 cm³/mol. The summed E-state index contributed by atoms with van der Waals surface area (Å²) in [6.45, 7) is 1.71. The van der Waals surface area contributed by atoms with Crippen LogP contribution in [0.4, 0.5) is 8.78 Å². The van der Waals surface area contributed by atoms with Gasteiger partial charge in [-0.15, -0.1) is 0 Å². The van der Waals surface area contributed by atoms with Crippen molar-refractivity contribution in [2.24, 2.45) is 5.92 Å². The van der Waals surface area contributed by atoms with Gasteiger partial charge in [0, 0.05) is 30.9 Å². The minimum absolute atomic E-state index is 0.0433. The van der Waals surface area contributed by atoms with Gasteiger partial charge in [-0.25, -0.2) is 13.8 Å². The number of carbonyl (C=O) groups excluding carboxylic acids is 1. The molecule has 8 nitrogen and oxygen atoms in total. The van der Waals surface area contributed by atoms with Gasteiger partial charge in [-0.2, -0.15) is 5.26 Å². The normalized spacial score (nSPS) is 25.5. The van der Waals surface area contributed by atoms with Crippen LogP contribution >= 0.6 is 0 Å². The number of rotatable bonds is 3. The Labute approximate surface area is 176 Å².